The van der Waals surface area contributed by atoms with Gasteiger partial charge in [0.1, 0.15) is 5.82 Å². The third-order valence-electron chi connectivity index (χ3n) is 4.80. The lowest BCUT2D eigenvalue weighted by Gasteiger charge is -2.37. The van der Waals surface area contributed by atoms with Crippen molar-refractivity contribution in [2.24, 2.45) is 0 Å². The summed E-state index contributed by atoms with van der Waals surface area (Å²) in [6.45, 7) is 2.32. The van der Waals surface area contributed by atoms with E-state index in [0.717, 1.165) is 24.9 Å². The first-order valence-electron chi connectivity index (χ1n) is 7.42. The van der Waals surface area contributed by atoms with Crippen molar-refractivity contribution in [3.05, 3.63) is 35.6 Å². The number of nitrogens with one attached hydrogen (secondary N) is 1. The first kappa shape index (κ1) is 13.1. The van der Waals surface area contributed by atoms with Crippen molar-refractivity contribution in [3.63, 3.8) is 0 Å². The van der Waals surface area contributed by atoms with Crippen LogP contribution >= 0.6 is 0 Å². The Balaban J connectivity index is 1.44. The van der Waals surface area contributed by atoms with E-state index in [-0.39, 0.29) is 5.82 Å². The van der Waals surface area contributed by atoms with Crippen LogP contribution in [0.25, 0.3) is 0 Å². The molecule has 1 aliphatic heterocycles. The summed E-state index contributed by atoms with van der Waals surface area (Å²) in [6.07, 6.45) is 4.80. The zero-order chi connectivity index (χ0) is 13.2. The molecule has 1 saturated heterocycles. The highest BCUT2D eigenvalue weighted by Crippen LogP contribution is 2.38. The van der Waals surface area contributed by atoms with Gasteiger partial charge in [0.25, 0.3) is 0 Å². The number of nitrogens with zero attached hydrogens (tertiary/aromatic N) is 1. The van der Waals surface area contributed by atoms with Crippen molar-refractivity contribution in [1.82, 2.24) is 10.2 Å². The number of halogens is 1. The van der Waals surface area contributed by atoms with E-state index in [1.165, 1.54) is 19.4 Å². The SMILES string of the molecule is CN1CCCC1CNC1CC(c2ccccc2F)C1. The number of likely N-dealkylation sites (N-methyl/N-ethyl adjacent to an activating group) is 1. The monoisotopic (exact) mass is 262 g/mol. The lowest BCUT2D eigenvalue weighted by Crippen LogP contribution is -2.45. The smallest absolute Gasteiger partial charge is 0.126 e. The Hall–Kier alpha value is -0.930. The lowest BCUT2D eigenvalue weighted by atomic mass is 9.75. The normalized spacial score (nSPS) is 31.4. The molecule has 1 atom stereocenters. The third-order valence-corrected chi connectivity index (χ3v) is 4.80. The Morgan fingerprint density at radius 2 is 2.11 bits per heavy atom. The molecule has 0 radical (unpaired) electrons. The van der Waals surface area contributed by atoms with Crippen LogP contribution in [0.4, 0.5) is 4.39 Å². The molecule has 0 aromatic heterocycles. The van der Waals surface area contributed by atoms with Gasteiger partial charge in [0, 0.05) is 18.6 Å². The molecular weight excluding hydrogens is 239 g/mol. The summed E-state index contributed by atoms with van der Waals surface area (Å²) < 4.78 is 13.6. The van der Waals surface area contributed by atoms with Crippen LogP contribution in [-0.2, 0) is 0 Å². The van der Waals surface area contributed by atoms with E-state index in [1.807, 2.05) is 12.1 Å². The van der Waals surface area contributed by atoms with Gasteiger partial charge in [0.05, 0.1) is 0 Å². The second-order valence-electron chi connectivity index (χ2n) is 6.07. The fourth-order valence-corrected chi connectivity index (χ4v) is 3.38. The fourth-order valence-electron chi connectivity index (χ4n) is 3.38. The van der Waals surface area contributed by atoms with Gasteiger partial charge in [-0.3, -0.25) is 0 Å². The van der Waals surface area contributed by atoms with Crippen molar-refractivity contribution in [2.75, 3.05) is 20.1 Å². The van der Waals surface area contributed by atoms with Crippen LogP contribution in [0.1, 0.15) is 37.2 Å². The highest BCUT2D eigenvalue weighted by atomic mass is 19.1. The van der Waals surface area contributed by atoms with E-state index in [9.17, 15) is 4.39 Å². The average Bonchev–Trinajstić information content (AvgIpc) is 2.75. The van der Waals surface area contributed by atoms with Gasteiger partial charge in [0.2, 0.25) is 0 Å². The van der Waals surface area contributed by atoms with Crippen LogP contribution < -0.4 is 5.32 Å². The Kier molecular flexibility index (Phi) is 3.85. The predicted octanol–water partition coefficient (Wildman–Crippen LogP) is 2.76. The second kappa shape index (κ2) is 5.59. The Bertz CT molecular complexity index is 429. The highest BCUT2D eigenvalue weighted by molar-refractivity contribution is 5.24. The van der Waals surface area contributed by atoms with E-state index in [2.05, 4.69) is 17.3 Å². The molecule has 1 aromatic carbocycles. The maximum Gasteiger partial charge on any atom is 0.126 e. The Morgan fingerprint density at radius 3 is 2.79 bits per heavy atom. The second-order valence-corrected chi connectivity index (χ2v) is 6.07. The average molecular weight is 262 g/mol. The summed E-state index contributed by atoms with van der Waals surface area (Å²) in [7, 11) is 2.21. The molecule has 1 heterocycles. The van der Waals surface area contributed by atoms with Crippen LogP contribution in [0, 0.1) is 5.82 Å². The first-order chi connectivity index (χ1) is 9.24. The van der Waals surface area contributed by atoms with E-state index in [0.29, 0.717) is 18.0 Å². The van der Waals surface area contributed by atoms with Gasteiger partial charge >= 0.3 is 0 Å². The summed E-state index contributed by atoms with van der Waals surface area (Å²) in [4.78, 5) is 2.44. The minimum atomic E-state index is -0.0403. The maximum absolute atomic E-state index is 13.6. The van der Waals surface area contributed by atoms with Crippen LogP contribution in [0.5, 0.6) is 0 Å². The van der Waals surface area contributed by atoms with Gasteiger partial charge in [-0.15, -0.1) is 0 Å². The molecule has 1 aliphatic carbocycles. The van der Waals surface area contributed by atoms with Crippen molar-refractivity contribution in [3.8, 4) is 0 Å². The summed E-state index contributed by atoms with van der Waals surface area (Å²) >= 11 is 0. The fraction of sp³-hybridized carbons (Fsp3) is 0.625. The van der Waals surface area contributed by atoms with Gasteiger partial charge in [-0.1, -0.05) is 18.2 Å². The molecule has 19 heavy (non-hydrogen) atoms. The summed E-state index contributed by atoms with van der Waals surface area (Å²) in [5.41, 5.74) is 0.901. The topological polar surface area (TPSA) is 15.3 Å². The van der Waals surface area contributed by atoms with Crippen molar-refractivity contribution in [2.45, 2.75) is 43.7 Å². The molecule has 1 N–H and O–H groups in total. The van der Waals surface area contributed by atoms with Gasteiger partial charge in [-0.25, -0.2) is 4.39 Å². The van der Waals surface area contributed by atoms with Crippen molar-refractivity contribution in [1.29, 1.82) is 0 Å². The number of likely N-dealkylation sites (tertiary alicyclic amines) is 1. The minimum absolute atomic E-state index is 0.0403. The van der Waals surface area contributed by atoms with E-state index >= 15 is 0 Å². The van der Waals surface area contributed by atoms with E-state index < -0.39 is 0 Å². The Morgan fingerprint density at radius 1 is 1.32 bits per heavy atom. The molecule has 2 fully saturated rings. The number of rotatable bonds is 4. The molecule has 0 spiro atoms. The Labute approximate surface area is 115 Å². The first-order valence-corrected chi connectivity index (χ1v) is 7.42. The minimum Gasteiger partial charge on any atom is -0.312 e. The van der Waals surface area contributed by atoms with Gasteiger partial charge < -0.3 is 10.2 Å². The molecule has 2 aliphatic rings. The molecule has 0 bridgehead atoms. The van der Waals surface area contributed by atoms with Crippen LogP contribution in [-0.4, -0.2) is 37.1 Å². The third kappa shape index (κ3) is 2.82. The van der Waals surface area contributed by atoms with E-state index in [4.69, 9.17) is 0 Å². The molecule has 0 amide bonds. The molecule has 3 rings (SSSR count). The molecule has 2 nitrogen and oxygen atoms in total. The van der Waals surface area contributed by atoms with Crippen LogP contribution in [0.3, 0.4) is 0 Å². The lowest BCUT2D eigenvalue weighted by molar-refractivity contribution is 0.242. The highest BCUT2D eigenvalue weighted by Gasteiger charge is 2.32. The van der Waals surface area contributed by atoms with E-state index in [1.54, 1.807) is 12.1 Å². The maximum atomic E-state index is 13.6. The molecule has 104 valence electrons. The van der Waals surface area contributed by atoms with Crippen LogP contribution in [0.2, 0.25) is 0 Å². The summed E-state index contributed by atoms with van der Waals surface area (Å²) in [5.74, 6) is 0.376. The summed E-state index contributed by atoms with van der Waals surface area (Å²) in [5, 5.41) is 3.65. The van der Waals surface area contributed by atoms with Gasteiger partial charge in [-0.05, 0) is 56.8 Å². The number of hydrogen-bond donors (Lipinski definition) is 1. The van der Waals surface area contributed by atoms with Gasteiger partial charge in [-0.2, -0.15) is 0 Å². The standard InChI is InChI=1S/C16H23FN2/c1-19-8-4-5-14(19)11-18-13-9-12(10-13)15-6-2-3-7-16(15)17/h2-3,6-7,12-14,18H,4-5,8-11H2,1H3. The largest absolute Gasteiger partial charge is 0.312 e. The molecule has 3 heteroatoms. The summed E-state index contributed by atoms with van der Waals surface area (Å²) in [6, 6.07) is 8.49. The molecular formula is C16H23FN2. The molecule has 1 aromatic rings. The molecule has 1 unspecified atom stereocenters. The van der Waals surface area contributed by atoms with Gasteiger partial charge in [0.15, 0.2) is 0 Å². The molecule has 1 saturated carbocycles. The number of hydrogen-bond acceptors (Lipinski definition) is 2. The zero-order valence-electron chi connectivity index (χ0n) is 11.6. The predicted molar refractivity (Wildman–Crippen MR) is 75.8 cm³/mol. The van der Waals surface area contributed by atoms with Crippen molar-refractivity contribution >= 4 is 0 Å². The zero-order valence-corrected chi connectivity index (χ0v) is 11.6. The van der Waals surface area contributed by atoms with Crippen molar-refractivity contribution < 1.29 is 4.39 Å². The number of benzene rings is 1. The quantitative estimate of drug-likeness (QED) is 0.897. The van der Waals surface area contributed by atoms with Crippen LogP contribution in [0.15, 0.2) is 24.3 Å².